The van der Waals surface area contributed by atoms with Gasteiger partial charge in [-0.3, -0.25) is 4.79 Å². The average molecular weight is 231 g/mol. The first-order valence-electron chi connectivity index (χ1n) is 5.60. The van der Waals surface area contributed by atoms with E-state index in [1.165, 1.54) is 0 Å². The highest BCUT2D eigenvalue weighted by atomic mass is 16.4. The van der Waals surface area contributed by atoms with E-state index in [0.29, 0.717) is 18.4 Å². The molecule has 3 rings (SSSR count). The number of H-pyrrole nitrogens is 1. The lowest BCUT2D eigenvalue weighted by atomic mass is 9.93. The number of carbonyl (C=O) groups is 1. The quantitative estimate of drug-likeness (QED) is 0.742. The van der Waals surface area contributed by atoms with Crippen molar-refractivity contribution < 1.29 is 15.0 Å². The molecule has 0 amide bonds. The van der Waals surface area contributed by atoms with Gasteiger partial charge in [-0.2, -0.15) is 0 Å². The second-order valence-corrected chi connectivity index (χ2v) is 4.74. The number of nitrogens with one attached hydrogen (secondary N) is 1. The lowest BCUT2D eigenvalue weighted by Crippen LogP contribution is -2.19. The number of rotatable bonds is 2. The Hall–Kier alpha value is -1.97. The molecule has 0 radical (unpaired) electrons. The van der Waals surface area contributed by atoms with Gasteiger partial charge in [0.25, 0.3) is 0 Å². The highest BCUT2D eigenvalue weighted by molar-refractivity contribution is 5.94. The zero-order valence-corrected chi connectivity index (χ0v) is 9.45. The summed E-state index contributed by atoms with van der Waals surface area (Å²) in [4.78, 5) is 14.3. The van der Waals surface area contributed by atoms with Gasteiger partial charge in [-0.15, -0.1) is 0 Å². The molecule has 1 aliphatic carbocycles. The first-order valence-corrected chi connectivity index (χ1v) is 5.60. The maximum absolute atomic E-state index is 11.3. The van der Waals surface area contributed by atoms with Gasteiger partial charge in [0.2, 0.25) is 0 Å². The molecule has 1 aromatic heterocycles. The van der Waals surface area contributed by atoms with Crippen LogP contribution in [0.3, 0.4) is 0 Å². The van der Waals surface area contributed by atoms with Crippen LogP contribution in [-0.2, 0) is 10.2 Å². The van der Waals surface area contributed by atoms with Crippen LogP contribution < -0.4 is 0 Å². The number of benzene rings is 1. The first kappa shape index (κ1) is 10.2. The Morgan fingerprint density at radius 2 is 2.12 bits per heavy atom. The van der Waals surface area contributed by atoms with E-state index >= 15 is 0 Å². The van der Waals surface area contributed by atoms with E-state index in [9.17, 15) is 15.0 Å². The molecule has 0 bridgehead atoms. The fourth-order valence-corrected chi connectivity index (χ4v) is 2.48. The van der Waals surface area contributed by atoms with Crippen molar-refractivity contribution in [2.24, 2.45) is 0 Å². The second kappa shape index (κ2) is 3.03. The summed E-state index contributed by atoms with van der Waals surface area (Å²) in [6.45, 7) is 1.89. The van der Waals surface area contributed by atoms with Crippen molar-refractivity contribution in [2.75, 3.05) is 0 Å². The van der Waals surface area contributed by atoms with Crippen LogP contribution in [0.2, 0.25) is 0 Å². The van der Waals surface area contributed by atoms with Crippen LogP contribution in [0.25, 0.3) is 10.9 Å². The second-order valence-electron chi connectivity index (χ2n) is 4.74. The number of hydrogen-bond acceptors (Lipinski definition) is 2. The molecule has 3 N–H and O–H groups in total. The van der Waals surface area contributed by atoms with Crippen molar-refractivity contribution in [1.82, 2.24) is 4.98 Å². The molecule has 1 heterocycles. The SMILES string of the molecule is Cc1c[nH]c2ccc(C3(C(=O)O)CC3)c(O)c12. The van der Waals surface area contributed by atoms with Gasteiger partial charge in [0, 0.05) is 22.7 Å². The number of carboxylic acid groups (broad SMARTS) is 1. The summed E-state index contributed by atoms with van der Waals surface area (Å²) in [7, 11) is 0. The molecule has 0 aliphatic heterocycles. The van der Waals surface area contributed by atoms with E-state index in [1.54, 1.807) is 6.07 Å². The molecular formula is C13H13NO3. The molecule has 1 fully saturated rings. The van der Waals surface area contributed by atoms with E-state index in [-0.39, 0.29) is 5.75 Å². The van der Waals surface area contributed by atoms with Gasteiger partial charge in [0.1, 0.15) is 5.75 Å². The topological polar surface area (TPSA) is 73.3 Å². The Morgan fingerprint density at radius 3 is 2.71 bits per heavy atom. The fraction of sp³-hybridized carbons (Fsp3) is 0.308. The van der Waals surface area contributed by atoms with Gasteiger partial charge in [0.15, 0.2) is 0 Å². The maximum atomic E-state index is 11.3. The minimum Gasteiger partial charge on any atom is -0.507 e. The standard InChI is InChI=1S/C13H13NO3/c1-7-6-14-9-3-2-8(11(15)10(7)9)13(4-5-13)12(16)17/h2-3,6,14-15H,4-5H2,1H3,(H,16,17). The predicted octanol–water partition coefficient (Wildman–Crippen LogP) is 2.30. The van der Waals surface area contributed by atoms with E-state index in [1.807, 2.05) is 19.2 Å². The lowest BCUT2D eigenvalue weighted by molar-refractivity contribution is -0.140. The molecule has 1 aliphatic rings. The Bertz CT molecular complexity index is 623. The molecule has 0 atom stereocenters. The van der Waals surface area contributed by atoms with Gasteiger partial charge in [-0.05, 0) is 31.4 Å². The summed E-state index contributed by atoms with van der Waals surface area (Å²) >= 11 is 0. The van der Waals surface area contributed by atoms with Crippen LogP contribution in [0.15, 0.2) is 18.3 Å². The Balaban J connectivity index is 2.28. The van der Waals surface area contributed by atoms with Crippen molar-refractivity contribution in [3.63, 3.8) is 0 Å². The third kappa shape index (κ3) is 1.21. The van der Waals surface area contributed by atoms with Crippen LogP contribution in [0.1, 0.15) is 24.0 Å². The number of aromatic hydroxyl groups is 1. The van der Waals surface area contributed by atoms with Crippen molar-refractivity contribution in [2.45, 2.75) is 25.2 Å². The number of hydrogen-bond donors (Lipinski definition) is 3. The summed E-state index contributed by atoms with van der Waals surface area (Å²) in [6, 6.07) is 3.55. The van der Waals surface area contributed by atoms with Crippen LogP contribution in [-0.4, -0.2) is 21.2 Å². The zero-order chi connectivity index (χ0) is 12.2. The Labute approximate surface area is 97.9 Å². The molecule has 4 heteroatoms. The number of aromatic amines is 1. The highest BCUT2D eigenvalue weighted by Crippen LogP contribution is 2.52. The summed E-state index contributed by atoms with van der Waals surface area (Å²) in [5.41, 5.74) is 1.45. The molecule has 0 spiro atoms. The monoisotopic (exact) mass is 231 g/mol. The number of carboxylic acids is 1. The molecule has 17 heavy (non-hydrogen) atoms. The van der Waals surface area contributed by atoms with E-state index in [4.69, 9.17) is 0 Å². The van der Waals surface area contributed by atoms with Gasteiger partial charge >= 0.3 is 5.97 Å². The van der Waals surface area contributed by atoms with Crippen LogP contribution in [0.4, 0.5) is 0 Å². The smallest absolute Gasteiger partial charge is 0.314 e. The summed E-state index contributed by atoms with van der Waals surface area (Å²) in [5.74, 6) is -0.735. The van der Waals surface area contributed by atoms with E-state index in [2.05, 4.69) is 4.98 Å². The van der Waals surface area contributed by atoms with E-state index < -0.39 is 11.4 Å². The van der Waals surface area contributed by atoms with Crippen LogP contribution in [0.5, 0.6) is 5.75 Å². The molecule has 4 nitrogen and oxygen atoms in total. The number of aromatic nitrogens is 1. The molecule has 1 saturated carbocycles. The average Bonchev–Trinajstić information content (AvgIpc) is 3.00. The number of aryl methyl sites for hydroxylation is 1. The van der Waals surface area contributed by atoms with Gasteiger partial charge in [0.05, 0.1) is 5.41 Å². The van der Waals surface area contributed by atoms with Crippen molar-refractivity contribution in [1.29, 1.82) is 0 Å². The third-order valence-corrected chi connectivity index (χ3v) is 3.69. The number of phenolic OH excluding ortho intramolecular Hbond substituents is 1. The van der Waals surface area contributed by atoms with Gasteiger partial charge in [-0.25, -0.2) is 0 Å². The van der Waals surface area contributed by atoms with Gasteiger partial charge in [-0.1, -0.05) is 6.07 Å². The fourth-order valence-electron chi connectivity index (χ4n) is 2.48. The van der Waals surface area contributed by atoms with Crippen LogP contribution >= 0.6 is 0 Å². The van der Waals surface area contributed by atoms with Crippen molar-refractivity contribution in [3.8, 4) is 5.75 Å². The number of phenols is 1. The Kier molecular flexibility index (Phi) is 1.82. The van der Waals surface area contributed by atoms with Gasteiger partial charge < -0.3 is 15.2 Å². The lowest BCUT2D eigenvalue weighted by Gasteiger charge is -2.13. The van der Waals surface area contributed by atoms with Crippen LogP contribution in [0, 0.1) is 6.92 Å². The van der Waals surface area contributed by atoms with E-state index in [0.717, 1.165) is 16.5 Å². The summed E-state index contributed by atoms with van der Waals surface area (Å²) in [5, 5.41) is 20.2. The van der Waals surface area contributed by atoms with Crippen molar-refractivity contribution in [3.05, 3.63) is 29.5 Å². The number of aliphatic carboxylic acids is 1. The maximum Gasteiger partial charge on any atom is 0.314 e. The highest BCUT2D eigenvalue weighted by Gasteiger charge is 2.53. The molecule has 0 unspecified atom stereocenters. The normalized spacial score (nSPS) is 17.2. The molecule has 88 valence electrons. The van der Waals surface area contributed by atoms with Crippen molar-refractivity contribution >= 4 is 16.9 Å². The third-order valence-electron chi connectivity index (χ3n) is 3.69. The minimum absolute atomic E-state index is 0.112. The molecule has 1 aromatic carbocycles. The zero-order valence-electron chi connectivity index (χ0n) is 9.45. The largest absolute Gasteiger partial charge is 0.507 e. The Morgan fingerprint density at radius 1 is 1.41 bits per heavy atom. The molecule has 0 saturated heterocycles. The molecular weight excluding hydrogens is 218 g/mol. The summed E-state index contributed by atoms with van der Waals surface area (Å²) in [6.07, 6.45) is 3.02. The molecule has 2 aromatic rings. The summed E-state index contributed by atoms with van der Waals surface area (Å²) < 4.78 is 0. The number of fused-ring (bicyclic) bond motifs is 1. The predicted molar refractivity (Wildman–Crippen MR) is 63.2 cm³/mol. The first-order chi connectivity index (χ1) is 8.06. The minimum atomic E-state index is -0.859.